The zero-order valence-electron chi connectivity index (χ0n) is 14.0. The summed E-state index contributed by atoms with van der Waals surface area (Å²) in [4.78, 5) is 35.6. The molecule has 0 saturated heterocycles. The van der Waals surface area contributed by atoms with Crippen LogP contribution in [-0.4, -0.2) is 32.8 Å². The number of hydrogen-bond donors (Lipinski definition) is 2. The van der Waals surface area contributed by atoms with Crippen molar-refractivity contribution < 1.29 is 19.1 Å². The minimum atomic E-state index is -1.22. The van der Waals surface area contributed by atoms with Crippen LogP contribution in [0.2, 0.25) is 0 Å². The number of halogens is 1. The number of aliphatic carboxylic acids is 1. The highest BCUT2D eigenvalue weighted by molar-refractivity contribution is 5.94. The highest BCUT2D eigenvalue weighted by Crippen LogP contribution is 2.13. The van der Waals surface area contributed by atoms with E-state index in [1.165, 1.54) is 18.2 Å². The van der Waals surface area contributed by atoms with Crippen molar-refractivity contribution in [1.29, 1.82) is 0 Å². The van der Waals surface area contributed by atoms with Crippen molar-refractivity contribution in [2.75, 3.05) is 0 Å². The van der Waals surface area contributed by atoms with Gasteiger partial charge in [0.1, 0.15) is 17.5 Å². The topological polar surface area (TPSA) is 101 Å². The van der Waals surface area contributed by atoms with Crippen LogP contribution in [0.15, 0.2) is 35.1 Å². The first-order valence-corrected chi connectivity index (χ1v) is 7.62. The molecule has 7 nitrogen and oxygen atoms in total. The Morgan fingerprint density at radius 1 is 1.28 bits per heavy atom. The van der Waals surface area contributed by atoms with Crippen LogP contribution in [0, 0.1) is 18.7 Å². The fourth-order valence-corrected chi connectivity index (χ4v) is 2.30. The van der Waals surface area contributed by atoms with Gasteiger partial charge in [-0.3, -0.25) is 9.59 Å². The average Bonchev–Trinajstić information content (AvgIpc) is 2.53. The van der Waals surface area contributed by atoms with Crippen LogP contribution >= 0.6 is 0 Å². The molecule has 1 heterocycles. The standard InChI is InChI=1S/C17H18FN3O4/c1-9(2)14(17(24)25)19-16(23)15-13(22)8-10(3)21(20-15)12-7-5-4-6-11(12)18/h4-9,14H,1-3H3,(H,19,23)(H,24,25)/t14-/m0/s1. The number of aryl methyl sites for hydroxylation is 1. The molecular weight excluding hydrogens is 329 g/mol. The van der Waals surface area contributed by atoms with Crippen molar-refractivity contribution >= 4 is 11.9 Å². The number of nitrogens with zero attached hydrogens (tertiary/aromatic N) is 2. The minimum absolute atomic E-state index is 0.0766. The molecule has 2 N–H and O–H groups in total. The van der Waals surface area contributed by atoms with Crippen molar-refractivity contribution in [2.45, 2.75) is 26.8 Å². The molecule has 132 valence electrons. The van der Waals surface area contributed by atoms with Gasteiger partial charge in [0, 0.05) is 11.8 Å². The third-order valence-corrected chi connectivity index (χ3v) is 3.62. The first-order valence-electron chi connectivity index (χ1n) is 7.62. The maximum absolute atomic E-state index is 14.0. The molecule has 0 bridgehead atoms. The number of carboxylic acids is 1. The van der Waals surface area contributed by atoms with Crippen LogP contribution in [0.4, 0.5) is 4.39 Å². The van der Waals surface area contributed by atoms with Crippen molar-refractivity contribution in [1.82, 2.24) is 15.1 Å². The van der Waals surface area contributed by atoms with Gasteiger partial charge in [-0.05, 0) is 25.0 Å². The van der Waals surface area contributed by atoms with Crippen molar-refractivity contribution in [3.05, 3.63) is 57.8 Å². The number of rotatable bonds is 5. The molecule has 0 radical (unpaired) electrons. The van der Waals surface area contributed by atoms with E-state index in [4.69, 9.17) is 5.11 Å². The maximum atomic E-state index is 14.0. The number of carbonyl (C=O) groups is 2. The van der Waals surface area contributed by atoms with Crippen LogP contribution in [-0.2, 0) is 4.79 Å². The van der Waals surface area contributed by atoms with Crippen LogP contribution in [0.5, 0.6) is 0 Å². The summed E-state index contributed by atoms with van der Waals surface area (Å²) in [6.07, 6.45) is 0. The van der Waals surface area contributed by atoms with E-state index in [9.17, 15) is 18.8 Å². The Bertz CT molecular complexity index is 876. The second-order valence-electron chi connectivity index (χ2n) is 5.90. The highest BCUT2D eigenvalue weighted by atomic mass is 19.1. The van der Waals surface area contributed by atoms with Crippen LogP contribution in [0.25, 0.3) is 5.69 Å². The average molecular weight is 347 g/mol. The van der Waals surface area contributed by atoms with Crippen LogP contribution in [0.3, 0.4) is 0 Å². The first-order chi connectivity index (χ1) is 11.7. The molecule has 8 heteroatoms. The largest absolute Gasteiger partial charge is 0.480 e. The predicted octanol–water partition coefficient (Wildman–Crippen LogP) is 1.52. The SMILES string of the molecule is Cc1cc(=O)c(C(=O)N[C@H](C(=O)O)C(C)C)nn1-c1ccccc1F. The molecule has 0 aliphatic rings. The van der Waals surface area contributed by atoms with Crippen molar-refractivity contribution in [3.63, 3.8) is 0 Å². The molecule has 1 aromatic heterocycles. The molecule has 1 aromatic carbocycles. The van der Waals surface area contributed by atoms with E-state index in [0.717, 1.165) is 10.7 Å². The molecular formula is C17H18FN3O4. The zero-order valence-corrected chi connectivity index (χ0v) is 14.0. The number of amides is 1. The summed E-state index contributed by atoms with van der Waals surface area (Å²) in [5.41, 5.74) is -0.755. The fraction of sp³-hybridized carbons (Fsp3) is 0.294. The lowest BCUT2D eigenvalue weighted by Gasteiger charge is -2.18. The number of benzene rings is 1. The molecule has 0 unspecified atom stereocenters. The van der Waals surface area contributed by atoms with Crippen LogP contribution < -0.4 is 10.7 Å². The number of hydrogen-bond acceptors (Lipinski definition) is 4. The number of nitrogens with one attached hydrogen (secondary N) is 1. The second-order valence-corrected chi connectivity index (χ2v) is 5.90. The number of carbonyl (C=O) groups excluding carboxylic acids is 1. The van der Waals surface area contributed by atoms with Gasteiger partial charge in [-0.15, -0.1) is 0 Å². The molecule has 0 fully saturated rings. The van der Waals surface area contributed by atoms with E-state index in [-0.39, 0.29) is 11.6 Å². The van der Waals surface area contributed by atoms with Gasteiger partial charge in [-0.2, -0.15) is 5.10 Å². The Balaban J connectivity index is 2.47. The molecule has 1 atom stereocenters. The third kappa shape index (κ3) is 3.90. The normalized spacial score (nSPS) is 12.0. The second kappa shape index (κ2) is 7.25. The van der Waals surface area contributed by atoms with Gasteiger partial charge in [0.05, 0.1) is 0 Å². The van der Waals surface area contributed by atoms with Gasteiger partial charge in [0.2, 0.25) is 5.43 Å². The quantitative estimate of drug-likeness (QED) is 0.854. The predicted molar refractivity (Wildman–Crippen MR) is 88.3 cm³/mol. The minimum Gasteiger partial charge on any atom is -0.480 e. The molecule has 0 saturated carbocycles. The first kappa shape index (κ1) is 18.3. The van der Waals surface area contributed by atoms with Crippen molar-refractivity contribution in [2.24, 2.45) is 5.92 Å². The molecule has 25 heavy (non-hydrogen) atoms. The molecule has 2 aromatic rings. The Morgan fingerprint density at radius 3 is 2.48 bits per heavy atom. The van der Waals surface area contributed by atoms with Gasteiger partial charge >= 0.3 is 5.97 Å². The lowest BCUT2D eigenvalue weighted by Crippen LogP contribution is -2.46. The summed E-state index contributed by atoms with van der Waals surface area (Å²) >= 11 is 0. The molecule has 0 spiro atoms. The van der Waals surface area contributed by atoms with E-state index < -0.39 is 34.9 Å². The Labute approximate surface area is 143 Å². The van der Waals surface area contributed by atoms with E-state index in [0.29, 0.717) is 5.69 Å². The lowest BCUT2D eigenvalue weighted by atomic mass is 10.0. The summed E-state index contributed by atoms with van der Waals surface area (Å²) in [5, 5.41) is 15.4. The molecule has 2 rings (SSSR count). The Hall–Kier alpha value is -3.03. The summed E-state index contributed by atoms with van der Waals surface area (Å²) in [6.45, 7) is 4.80. The van der Waals surface area contributed by atoms with Gasteiger partial charge in [0.15, 0.2) is 5.69 Å². The Morgan fingerprint density at radius 2 is 1.92 bits per heavy atom. The third-order valence-electron chi connectivity index (χ3n) is 3.62. The van der Waals surface area contributed by atoms with E-state index >= 15 is 0 Å². The Kier molecular flexibility index (Phi) is 5.31. The molecule has 0 aliphatic heterocycles. The summed E-state index contributed by atoms with van der Waals surface area (Å²) in [5.74, 6) is -3.10. The summed E-state index contributed by atoms with van der Waals surface area (Å²) in [7, 11) is 0. The molecule has 0 aliphatic carbocycles. The van der Waals surface area contributed by atoms with E-state index in [1.807, 2.05) is 0 Å². The van der Waals surface area contributed by atoms with E-state index in [1.54, 1.807) is 26.8 Å². The monoisotopic (exact) mass is 347 g/mol. The van der Waals surface area contributed by atoms with Gasteiger partial charge < -0.3 is 10.4 Å². The summed E-state index contributed by atoms with van der Waals surface area (Å²) in [6, 6.07) is 5.76. The summed E-state index contributed by atoms with van der Waals surface area (Å²) < 4.78 is 15.1. The number of carboxylic acid groups (broad SMARTS) is 1. The zero-order chi connectivity index (χ0) is 18.7. The maximum Gasteiger partial charge on any atom is 0.326 e. The van der Waals surface area contributed by atoms with Gasteiger partial charge in [0.25, 0.3) is 5.91 Å². The fourth-order valence-electron chi connectivity index (χ4n) is 2.30. The van der Waals surface area contributed by atoms with Gasteiger partial charge in [-0.25, -0.2) is 13.9 Å². The molecule has 1 amide bonds. The van der Waals surface area contributed by atoms with E-state index in [2.05, 4.69) is 10.4 Å². The van der Waals surface area contributed by atoms with Gasteiger partial charge in [-0.1, -0.05) is 26.0 Å². The highest BCUT2D eigenvalue weighted by Gasteiger charge is 2.26. The van der Waals surface area contributed by atoms with Crippen LogP contribution in [0.1, 0.15) is 30.0 Å². The number of aromatic nitrogens is 2. The lowest BCUT2D eigenvalue weighted by molar-refractivity contribution is -0.140. The van der Waals surface area contributed by atoms with Crippen molar-refractivity contribution in [3.8, 4) is 5.69 Å². The number of para-hydroxylation sites is 1. The smallest absolute Gasteiger partial charge is 0.326 e.